The Morgan fingerprint density at radius 1 is 1.18 bits per heavy atom. The third-order valence-electron chi connectivity index (χ3n) is 5.60. The van der Waals surface area contributed by atoms with E-state index in [2.05, 4.69) is 5.32 Å². The first-order valence-electron chi connectivity index (χ1n) is 9.76. The lowest BCUT2D eigenvalue weighted by Gasteiger charge is -2.34. The fraction of sp³-hybridized carbons (Fsp3) is 0.409. The SMILES string of the molecule is Cc1cc(F)c(N2CCC(COc3cccc4c3CCNC4=O)CC2)c(F)c1. The molecule has 28 heavy (non-hydrogen) atoms. The van der Waals surface area contributed by atoms with Crippen LogP contribution in [0.25, 0.3) is 0 Å². The summed E-state index contributed by atoms with van der Waals surface area (Å²) in [6.45, 7) is 4.05. The van der Waals surface area contributed by atoms with E-state index in [9.17, 15) is 13.6 Å². The summed E-state index contributed by atoms with van der Waals surface area (Å²) in [7, 11) is 0. The van der Waals surface area contributed by atoms with Gasteiger partial charge in [0.05, 0.1) is 6.61 Å². The van der Waals surface area contributed by atoms with Gasteiger partial charge in [0.1, 0.15) is 23.1 Å². The molecule has 0 aliphatic carbocycles. The molecule has 4 rings (SSSR count). The van der Waals surface area contributed by atoms with Crippen LogP contribution in [0.3, 0.4) is 0 Å². The van der Waals surface area contributed by atoms with Crippen LogP contribution in [0.2, 0.25) is 0 Å². The number of piperidine rings is 1. The van der Waals surface area contributed by atoms with Crippen molar-refractivity contribution in [1.29, 1.82) is 0 Å². The molecule has 148 valence electrons. The van der Waals surface area contributed by atoms with Crippen LogP contribution in [-0.2, 0) is 6.42 Å². The molecule has 1 N–H and O–H groups in total. The number of anilines is 1. The van der Waals surface area contributed by atoms with Crippen molar-refractivity contribution in [3.8, 4) is 5.75 Å². The topological polar surface area (TPSA) is 41.6 Å². The number of hydrogen-bond acceptors (Lipinski definition) is 3. The summed E-state index contributed by atoms with van der Waals surface area (Å²) >= 11 is 0. The van der Waals surface area contributed by atoms with Crippen LogP contribution < -0.4 is 15.0 Å². The normalized spacial score (nSPS) is 17.2. The van der Waals surface area contributed by atoms with E-state index in [0.717, 1.165) is 30.6 Å². The van der Waals surface area contributed by atoms with Gasteiger partial charge >= 0.3 is 0 Å². The fourth-order valence-corrected chi connectivity index (χ4v) is 4.09. The Morgan fingerprint density at radius 2 is 1.89 bits per heavy atom. The van der Waals surface area contributed by atoms with Crippen molar-refractivity contribution in [2.75, 3.05) is 31.1 Å². The summed E-state index contributed by atoms with van der Waals surface area (Å²) in [5, 5.41) is 2.84. The third-order valence-corrected chi connectivity index (χ3v) is 5.60. The average Bonchev–Trinajstić information content (AvgIpc) is 2.67. The first kappa shape index (κ1) is 18.7. The molecule has 0 radical (unpaired) electrons. The van der Waals surface area contributed by atoms with E-state index in [1.165, 1.54) is 12.1 Å². The van der Waals surface area contributed by atoms with Crippen molar-refractivity contribution < 1.29 is 18.3 Å². The molecule has 1 amide bonds. The number of benzene rings is 2. The lowest BCUT2D eigenvalue weighted by molar-refractivity contribution is 0.0944. The van der Waals surface area contributed by atoms with Crippen LogP contribution >= 0.6 is 0 Å². The fourth-order valence-electron chi connectivity index (χ4n) is 4.09. The van der Waals surface area contributed by atoms with Gasteiger partial charge in [0, 0.05) is 30.8 Å². The number of nitrogens with zero attached hydrogens (tertiary/aromatic N) is 1. The molecule has 0 unspecified atom stereocenters. The third kappa shape index (κ3) is 3.68. The van der Waals surface area contributed by atoms with Crippen molar-refractivity contribution in [2.45, 2.75) is 26.2 Å². The van der Waals surface area contributed by atoms with Crippen LogP contribution in [0.1, 0.15) is 34.3 Å². The maximum Gasteiger partial charge on any atom is 0.251 e. The average molecular weight is 386 g/mol. The molecule has 0 saturated carbocycles. The number of ether oxygens (including phenoxy) is 1. The van der Waals surface area contributed by atoms with E-state index in [1.807, 2.05) is 18.2 Å². The standard InChI is InChI=1S/C22H24F2N2O2/c1-14-11-18(23)21(19(24)12-14)26-9-6-15(7-10-26)13-28-20-4-2-3-17-16(20)5-8-25-22(17)27/h2-4,11-12,15H,5-10,13H2,1H3,(H,25,27). The molecule has 0 aromatic heterocycles. The Kier molecular flexibility index (Phi) is 5.20. The zero-order valence-corrected chi connectivity index (χ0v) is 15.9. The van der Waals surface area contributed by atoms with Gasteiger partial charge in [-0.2, -0.15) is 0 Å². The molecule has 1 fully saturated rings. The number of rotatable bonds is 4. The first-order valence-corrected chi connectivity index (χ1v) is 9.76. The van der Waals surface area contributed by atoms with Crippen molar-refractivity contribution in [3.63, 3.8) is 0 Å². The highest BCUT2D eigenvalue weighted by Crippen LogP contribution is 2.30. The van der Waals surface area contributed by atoms with E-state index in [0.29, 0.717) is 43.3 Å². The summed E-state index contributed by atoms with van der Waals surface area (Å²) in [6, 6.07) is 8.32. The molecule has 4 nitrogen and oxygen atoms in total. The molecule has 1 saturated heterocycles. The number of carbonyl (C=O) groups excluding carboxylic acids is 1. The molecule has 0 bridgehead atoms. The van der Waals surface area contributed by atoms with Gasteiger partial charge in [0.25, 0.3) is 5.91 Å². The maximum absolute atomic E-state index is 14.2. The highest BCUT2D eigenvalue weighted by atomic mass is 19.1. The van der Waals surface area contributed by atoms with Gasteiger partial charge in [-0.1, -0.05) is 6.07 Å². The Morgan fingerprint density at radius 3 is 2.61 bits per heavy atom. The minimum atomic E-state index is -0.499. The number of hydrogen-bond donors (Lipinski definition) is 1. The summed E-state index contributed by atoms with van der Waals surface area (Å²) in [4.78, 5) is 13.7. The van der Waals surface area contributed by atoms with E-state index in [4.69, 9.17) is 4.74 Å². The van der Waals surface area contributed by atoms with Crippen LogP contribution in [0, 0.1) is 24.5 Å². The Balaban J connectivity index is 1.37. The summed E-state index contributed by atoms with van der Waals surface area (Å²) in [5.41, 5.74) is 2.31. The second kappa shape index (κ2) is 7.78. The second-order valence-electron chi connectivity index (χ2n) is 7.61. The van der Waals surface area contributed by atoms with Gasteiger partial charge in [-0.3, -0.25) is 4.79 Å². The van der Waals surface area contributed by atoms with Gasteiger partial charge in [0.15, 0.2) is 0 Å². The molecule has 6 heteroatoms. The molecule has 0 spiro atoms. The number of carbonyl (C=O) groups is 1. The molecule has 2 aliphatic rings. The van der Waals surface area contributed by atoms with Crippen molar-refractivity contribution in [1.82, 2.24) is 5.32 Å². The van der Waals surface area contributed by atoms with Crippen LogP contribution in [0.5, 0.6) is 5.75 Å². The van der Waals surface area contributed by atoms with Crippen molar-refractivity contribution >= 4 is 11.6 Å². The Labute approximate surface area is 163 Å². The predicted molar refractivity (Wildman–Crippen MR) is 104 cm³/mol. The molecular weight excluding hydrogens is 362 g/mol. The maximum atomic E-state index is 14.2. The number of aryl methyl sites for hydroxylation is 1. The molecule has 2 aliphatic heterocycles. The number of nitrogens with one attached hydrogen (secondary N) is 1. The van der Waals surface area contributed by atoms with Crippen molar-refractivity contribution in [2.24, 2.45) is 5.92 Å². The lowest BCUT2D eigenvalue weighted by atomic mass is 9.96. The van der Waals surface area contributed by atoms with Gasteiger partial charge in [-0.05, 0) is 61.9 Å². The van der Waals surface area contributed by atoms with Crippen LogP contribution in [0.15, 0.2) is 30.3 Å². The minimum absolute atomic E-state index is 0.0536. The smallest absolute Gasteiger partial charge is 0.251 e. The van der Waals surface area contributed by atoms with Crippen LogP contribution in [0.4, 0.5) is 14.5 Å². The molecule has 2 aromatic carbocycles. The first-order chi connectivity index (χ1) is 13.5. The van der Waals surface area contributed by atoms with Gasteiger partial charge in [-0.15, -0.1) is 0 Å². The zero-order chi connectivity index (χ0) is 19.7. The van der Waals surface area contributed by atoms with Gasteiger partial charge in [-0.25, -0.2) is 8.78 Å². The number of amides is 1. The highest BCUT2D eigenvalue weighted by molar-refractivity contribution is 5.97. The molecule has 0 atom stereocenters. The van der Waals surface area contributed by atoms with E-state index < -0.39 is 11.6 Å². The highest BCUT2D eigenvalue weighted by Gasteiger charge is 2.25. The monoisotopic (exact) mass is 386 g/mol. The van der Waals surface area contributed by atoms with Gasteiger partial charge in [0.2, 0.25) is 0 Å². The van der Waals surface area contributed by atoms with Gasteiger partial charge < -0.3 is 15.0 Å². The lowest BCUT2D eigenvalue weighted by Crippen LogP contribution is -2.37. The van der Waals surface area contributed by atoms with E-state index in [1.54, 1.807) is 11.8 Å². The molecular formula is C22H24F2N2O2. The van der Waals surface area contributed by atoms with Crippen LogP contribution in [-0.4, -0.2) is 32.1 Å². The minimum Gasteiger partial charge on any atom is -0.493 e. The molecule has 2 aromatic rings. The van der Waals surface area contributed by atoms with Crippen molar-refractivity contribution in [3.05, 3.63) is 58.7 Å². The Bertz CT molecular complexity index is 869. The largest absolute Gasteiger partial charge is 0.493 e. The van der Waals surface area contributed by atoms with E-state index >= 15 is 0 Å². The van der Waals surface area contributed by atoms with E-state index in [-0.39, 0.29) is 11.6 Å². The predicted octanol–water partition coefficient (Wildman–Crippen LogP) is 3.85. The summed E-state index contributed by atoms with van der Waals surface area (Å²) in [6.07, 6.45) is 2.38. The zero-order valence-electron chi connectivity index (χ0n) is 15.9. The summed E-state index contributed by atoms with van der Waals surface area (Å²) < 4.78 is 34.5. The number of fused-ring (bicyclic) bond motifs is 1. The number of halogens is 2. The Hall–Kier alpha value is -2.63. The quantitative estimate of drug-likeness (QED) is 0.868. The summed E-state index contributed by atoms with van der Waals surface area (Å²) in [5.74, 6) is 0.0384. The molecule has 2 heterocycles. The second-order valence-corrected chi connectivity index (χ2v) is 7.61.